The van der Waals surface area contributed by atoms with E-state index in [4.69, 9.17) is 16.3 Å². The Labute approximate surface area is 147 Å². The molecule has 1 heterocycles. The minimum atomic E-state index is -0.576. The van der Waals surface area contributed by atoms with E-state index in [1.165, 1.54) is 0 Å². The molecule has 1 aromatic heterocycles. The number of benzene rings is 1. The van der Waals surface area contributed by atoms with E-state index in [1.54, 1.807) is 18.3 Å². The maximum atomic E-state index is 12.3. The predicted molar refractivity (Wildman–Crippen MR) is 99.4 cm³/mol. The second-order valence-electron chi connectivity index (χ2n) is 6.70. The number of halogens is 1. The van der Waals surface area contributed by atoms with Crippen LogP contribution in [0.15, 0.2) is 31.0 Å². The lowest BCUT2D eigenvalue weighted by molar-refractivity contribution is -0.129. The number of carbonyl (C=O) groups is 1. The fourth-order valence-electron chi connectivity index (χ4n) is 2.31. The number of nitrogens with zero attached hydrogens (tertiary/aromatic N) is 1. The van der Waals surface area contributed by atoms with Gasteiger partial charge in [0.15, 0.2) is 6.10 Å². The van der Waals surface area contributed by atoms with E-state index in [1.807, 2.05) is 39.8 Å². The van der Waals surface area contributed by atoms with Crippen LogP contribution in [0, 0.1) is 0 Å². The van der Waals surface area contributed by atoms with Crippen LogP contribution in [0.25, 0.3) is 17.0 Å². The van der Waals surface area contributed by atoms with Crippen molar-refractivity contribution in [1.82, 2.24) is 10.3 Å². The zero-order valence-corrected chi connectivity index (χ0v) is 15.3. The van der Waals surface area contributed by atoms with Crippen LogP contribution < -0.4 is 10.1 Å². The Morgan fingerprint density at radius 3 is 2.71 bits per heavy atom. The van der Waals surface area contributed by atoms with Crippen molar-refractivity contribution in [2.24, 2.45) is 0 Å². The number of amides is 1. The minimum absolute atomic E-state index is 0.140. The topological polar surface area (TPSA) is 51.2 Å². The van der Waals surface area contributed by atoms with Gasteiger partial charge in [-0.25, -0.2) is 0 Å². The second kappa shape index (κ2) is 7.22. The van der Waals surface area contributed by atoms with Crippen LogP contribution in [-0.4, -0.2) is 22.5 Å². The van der Waals surface area contributed by atoms with Gasteiger partial charge in [0.25, 0.3) is 5.91 Å². The van der Waals surface area contributed by atoms with Crippen molar-refractivity contribution in [3.8, 4) is 5.75 Å². The predicted octanol–water partition coefficient (Wildman–Crippen LogP) is 4.60. The van der Waals surface area contributed by atoms with Crippen molar-refractivity contribution >= 4 is 34.5 Å². The van der Waals surface area contributed by atoms with Crippen LogP contribution >= 0.6 is 11.6 Å². The molecule has 1 atom stereocenters. The van der Waals surface area contributed by atoms with Crippen LogP contribution in [0.4, 0.5) is 0 Å². The summed E-state index contributed by atoms with van der Waals surface area (Å²) in [5, 5.41) is 4.28. The van der Waals surface area contributed by atoms with E-state index in [0.717, 1.165) is 10.9 Å². The lowest BCUT2D eigenvalue weighted by Crippen LogP contribution is -2.47. The van der Waals surface area contributed by atoms with Gasteiger partial charge in [0.2, 0.25) is 0 Å². The lowest BCUT2D eigenvalue weighted by atomic mass is 10.1. The fraction of sp³-hybridized carbons (Fsp3) is 0.368. The lowest BCUT2D eigenvalue weighted by Gasteiger charge is -2.25. The molecule has 0 radical (unpaired) electrons. The average molecular weight is 347 g/mol. The number of fused-ring (bicyclic) bond motifs is 1. The zero-order chi connectivity index (χ0) is 17.9. The number of carbonyl (C=O) groups excluding carboxylic acids is 1. The van der Waals surface area contributed by atoms with Gasteiger partial charge < -0.3 is 10.1 Å². The van der Waals surface area contributed by atoms with Crippen LogP contribution in [0.5, 0.6) is 5.75 Å². The van der Waals surface area contributed by atoms with Gasteiger partial charge in [-0.2, -0.15) is 0 Å². The summed E-state index contributed by atoms with van der Waals surface area (Å²) in [4.78, 5) is 16.7. The number of nitrogens with one attached hydrogen (secondary N) is 1. The number of aromatic nitrogens is 1. The summed E-state index contributed by atoms with van der Waals surface area (Å²) in [7, 11) is 0. The number of pyridine rings is 1. The number of hydrogen-bond acceptors (Lipinski definition) is 3. The molecule has 0 saturated heterocycles. The van der Waals surface area contributed by atoms with E-state index >= 15 is 0 Å². The summed E-state index contributed by atoms with van der Waals surface area (Å²) < 4.78 is 5.88. The van der Waals surface area contributed by atoms with Gasteiger partial charge in [0.1, 0.15) is 5.75 Å². The van der Waals surface area contributed by atoms with Gasteiger partial charge in [-0.1, -0.05) is 31.2 Å². The summed E-state index contributed by atoms with van der Waals surface area (Å²) in [6.45, 7) is 11.5. The van der Waals surface area contributed by atoms with Crippen LogP contribution in [0.2, 0.25) is 5.02 Å². The first-order valence-corrected chi connectivity index (χ1v) is 8.31. The highest BCUT2D eigenvalue weighted by molar-refractivity contribution is 6.35. The second-order valence-corrected chi connectivity index (χ2v) is 7.11. The smallest absolute Gasteiger partial charge is 0.261 e. The van der Waals surface area contributed by atoms with Crippen LogP contribution in [0.1, 0.15) is 39.7 Å². The van der Waals surface area contributed by atoms with Crippen LogP contribution in [-0.2, 0) is 4.79 Å². The molecular formula is C19H23ClN2O2. The summed E-state index contributed by atoms with van der Waals surface area (Å²) in [6.07, 6.45) is 3.42. The molecular weight excluding hydrogens is 324 g/mol. The molecule has 5 heteroatoms. The molecule has 0 spiro atoms. The number of rotatable bonds is 5. The first kappa shape index (κ1) is 18.3. The Morgan fingerprint density at radius 1 is 1.42 bits per heavy atom. The van der Waals surface area contributed by atoms with E-state index in [0.29, 0.717) is 22.7 Å². The molecule has 1 unspecified atom stereocenters. The molecule has 2 rings (SSSR count). The highest BCUT2D eigenvalue weighted by atomic mass is 35.5. The largest absolute Gasteiger partial charge is 0.481 e. The maximum Gasteiger partial charge on any atom is 0.261 e. The van der Waals surface area contributed by atoms with Gasteiger partial charge in [-0.3, -0.25) is 9.78 Å². The third-order valence-electron chi connectivity index (χ3n) is 3.41. The molecule has 0 fully saturated rings. The molecule has 1 N–H and O–H groups in total. The summed E-state index contributed by atoms with van der Waals surface area (Å²) in [5.74, 6) is 0.408. The monoisotopic (exact) mass is 346 g/mol. The Kier molecular flexibility index (Phi) is 5.50. The van der Waals surface area contributed by atoms with Gasteiger partial charge in [0, 0.05) is 23.2 Å². The van der Waals surface area contributed by atoms with E-state index in [2.05, 4.69) is 16.9 Å². The quantitative estimate of drug-likeness (QED) is 0.860. The Hall–Kier alpha value is -2.07. The number of ether oxygens (including phenoxy) is 1. The highest BCUT2D eigenvalue weighted by Crippen LogP contribution is 2.29. The standard InChI is InChI=1S/C19H23ClN2O2/c1-6-12-8-13-9-14(10-15(20)17(13)21-11-12)24-16(7-2)18(23)22-19(3,4)5/h6,8-11,16H,1,7H2,2-5H3,(H,22,23). The normalized spacial score (nSPS) is 12.7. The van der Waals surface area contributed by atoms with Gasteiger partial charge in [0.05, 0.1) is 10.5 Å². The fourth-order valence-corrected chi connectivity index (χ4v) is 2.58. The first-order chi connectivity index (χ1) is 11.2. The van der Waals surface area contributed by atoms with E-state index < -0.39 is 6.10 Å². The van der Waals surface area contributed by atoms with Crippen molar-refractivity contribution < 1.29 is 9.53 Å². The molecule has 0 aliphatic heterocycles. The maximum absolute atomic E-state index is 12.3. The van der Waals surface area contributed by atoms with E-state index in [-0.39, 0.29) is 11.4 Å². The first-order valence-electron chi connectivity index (χ1n) is 7.94. The van der Waals surface area contributed by atoms with Crippen molar-refractivity contribution in [1.29, 1.82) is 0 Å². The third-order valence-corrected chi connectivity index (χ3v) is 3.69. The van der Waals surface area contributed by atoms with Crippen molar-refractivity contribution in [3.63, 3.8) is 0 Å². The highest BCUT2D eigenvalue weighted by Gasteiger charge is 2.23. The summed E-state index contributed by atoms with van der Waals surface area (Å²) in [6, 6.07) is 5.47. The Morgan fingerprint density at radius 2 is 2.12 bits per heavy atom. The zero-order valence-electron chi connectivity index (χ0n) is 14.5. The third kappa shape index (κ3) is 4.48. The molecule has 128 valence electrons. The van der Waals surface area contributed by atoms with E-state index in [9.17, 15) is 4.79 Å². The molecule has 1 amide bonds. The molecule has 2 aromatic rings. The summed E-state index contributed by atoms with van der Waals surface area (Å²) >= 11 is 6.30. The number of hydrogen-bond donors (Lipinski definition) is 1. The molecule has 0 aliphatic carbocycles. The average Bonchev–Trinajstić information content (AvgIpc) is 2.50. The van der Waals surface area contributed by atoms with Crippen molar-refractivity contribution in [2.45, 2.75) is 45.8 Å². The summed E-state index contributed by atoms with van der Waals surface area (Å²) in [5.41, 5.74) is 1.28. The van der Waals surface area contributed by atoms with Crippen molar-refractivity contribution in [3.05, 3.63) is 41.6 Å². The van der Waals surface area contributed by atoms with Crippen LogP contribution in [0.3, 0.4) is 0 Å². The molecule has 0 aliphatic rings. The van der Waals surface area contributed by atoms with Gasteiger partial charge in [-0.05, 0) is 44.9 Å². The van der Waals surface area contributed by atoms with Gasteiger partial charge >= 0.3 is 0 Å². The SMILES string of the molecule is C=Cc1cnc2c(Cl)cc(OC(CC)C(=O)NC(C)(C)C)cc2c1. The molecule has 4 nitrogen and oxygen atoms in total. The van der Waals surface area contributed by atoms with Gasteiger partial charge in [-0.15, -0.1) is 0 Å². The minimum Gasteiger partial charge on any atom is -0.481 e. The molecule has 1 aromatic carbocycles. The Bertz CT molecular complexity index is 766. The molecule has 24 heavy (non-hydrogen) atoms. The van der Waals surface area contributed by atoms with Crippen molar-refractivity contribution in [2.75, 3.05) is 0 Å². The molecule has 0 saturated carbocycles. The Balaban J connectivity index is 2.30. The molecule has 0 bridgehead atoms.